The minimum atomic E-state index is -4.96. The molecule has 194 valence electrons. The molecule has 0 spiro atoms. The zero-order chi connectivity index (χ0) is 26.4. The topological polar surface area (TPSA) is 101 Å². The lowest BCUT2D eigenvalue weighted by atomic mass is 10.1. The molecule has 12 heteroatoms. The molecule has 1 amide bonds. The molecule has 0 saturated carbocycles. The summed E-state index contributed by atoms with van der Waals surface area (Å²) in [6, 6.07) is 8.78. The van der Waals surface area contributed by atoms with Gasteiger partial charge in [0, 0.05) is 44.1 Å². The van der Waals surface area contributed by atoms with Gasteiger partial charge in [0.15, 0.2) is 11.5 Å². The van der Waals surface area contributed by atoms with E-state index in [1.54, 1.807) is 18.3 Å². The summed E-state index contributed by atoms with van der Waals surface area (Å²) in [4.78, 5) is 42.2. The van der Waals surface area contributed by atoms with Crippen LogP contribution in [0.3, 0.4) is 0 Å². The molecule has 0 bridgehead atoms. The fourth-order valence-electron chi connectivity index (χ4n) is 3.77. The predicted molar refractivity (Wildman–Crippen MR) is 129 cm³/mol. The van der Waals surface area contributed by atoms with Crippen molar-refractivity contribution in [3.8, 4) is 17.1 Å². The molecule has 1 aromatic carbocycles. The van der Waals surface area contributed by atoms with Crippen LogP contribution in [0.4, 0.5) is 18.9 Å². The third-order valence-electron chi connectivity index (χ3n) is 5.74. The number of carbonyl (C=O) groups excluding carboxylic acids is 2. The van der Waals surface area contributed by atoms with Crippen molar-refractivity contribution >= 4 is 17.4 Å². The number of benzene rings is 1. The maximum absolute atomic E-state index is 12.9. The number of amides is 1. The van der Waals surface area contributed by atoms with Crippen LogP contribution in [0, 0.1) is 0 Å². The standard InChI is InChI=1S/C25H25F3N6O3/c1-33-8-10-34(11-9-33)16-24(36)32-20-12-17(5-6-23(20)37-25(26,27)28)22(35)13-18-14-31-21(15-30-18)19-4-2-3-7-29-19/h2-7,12,14-15H,8-11,13,16H2,1H3,(H,32,36). The summed E-state index contributed by atoms with van der Waals surface area (Å²) in [6.07, 6.45) is -0.532. The lowest BCUT2D eigenvalue weighted by molar-refractivity contribution is -0.274. The summed E-state index contributed by atoms with van der Waals surface area (Å²) in [5.74, 6) is -1.51. The van der Waals surface area contributed by atoms with Gasteiger partial charge in [0.2, 0.25) is 5.91 Å². The van der Waals surface area contributed by atoms with Crippen LogP contribution in [0.1, 0.15) is 16.1 Å². The van der Waals surface area contributed by atoms with Gasteiger partial charge in [-0.3, -0.25) is 29.4 Å². The zero-order valence-electron chi connectivity index (χ0n) is 20.0. The molecule has 3 heterocycles. The van der Waals surface area contributed by atoms with Gasteiger partial charge in [-0.15, -0.1) is 13.2 Å². The molecule has 0 unspecified atom stereocenters. The van der Waals surface area contributed by atoms with Crippen molar-refractivity contribution in [1.82, 2.24) is 24.8 Å². The first-order valence-corrected chi connectivity index (χ1v) is 11.5. The summed E-state index contributed by atoms with van der Waals surface area (Å²) in [5.41, 5.74) is 1.40. The van der Waals surface area contributed by atoms with E-state index in [1.165, 1.54) is 24.5 Å². The number of carbonyl (C=O) groups is 2. The number of nitrogens with one attached hydrogen (secondary N) is 1. The molecule has 1 aliphatic heterocycles. The number of aromatic nitrogens is 3. The number of piperazine rings is 1. The Morgan fingerprint density at radius 1 is 1.00 bits per heavy atom. The number of ether oxygens (including phenoxy) is 1. The molecule has 37 heavy (non-hydrogen) atoms. The summed E-state index contributed by atoms with van der Waals surface area (Å²) in [5, 5.41) is 2.47. The monoisotopic (exact) mass is 514 g/mol. The highest BCUT2D eigenvalue weighted by Crippen LogP contribution is 2.31. The van der Waals surface area contributed by atoms with E-state index >= 15 is 0 Å². The van der Waals surface area contributed by atoms with E-state index < -0.39 is 23.8 Å². The lowest BCUT2D eigenvalue weighted by Crippen LogP contribution is -2.47. The van der Waals surface area contributed by atoms with Gasteiger partial charge in [-0.05, 0) is 37.4 Å². The van der Waals surface area contributed by atoms with Crippen molar-refractivity contribution in [3.05, 3.63) is 66.2 Å². The fourth-order valence-corrected chi connectivity index (χ4v) is 3.77. The van der Waals surface area contributed by atoms with E-state index in [4.69, 9.17) is 0 Å². The van der Waals surface area contributed by atoms with Crippen LogP contribution in [0.15, 0.2) is 55.0 Å². The van der Waals surface area contributed by atoms with Crippen molar-refractivity contribution < 1.29 is 27.5 Å². The van der Waals surface area contributed by atoms with Crippen molar-refractivity contribution in [2.45, 2.75) is 12.8 Å². The fraction of sp³-hybridized carbons (Fsp3) is 0.320. The third-order valence-corrected chi connectivity index (χ3v) is 5.74. The average molecular weight is 515 g/mol. The Morgan fingerprint density at radius 2 is 1.78 bits per heavy atom. The largest absolute Gasteiger partial charge is 0.573 e. The van der Waals surface area contributed by atoms with Crippen LogP contribution in [0.25, 0.3) is 11.4 Å². The van der Waals surface area contributed by atoms with Crippen molar-refractivity contribution in [2.75, 3.05) is 45.1 Å². The second-order valence-corrected chi connectivity index (χ2v) is 8.59. The summed E-state index contributed by atoms with van der Waals surface area (Å²) in [7, 11) is 1.97. The molecule has 1 aliphatic rings. The van der Waals surface area contributed by atoms with Crippen LogP contribution in [0.5, 0.6) is 5.75 Å². The van der Waals surface area contributed by atoms with E-state index in [0.717, 1.165) is 19.2 Å². The Kier molecular flexibility index (Phi) is 8.09. The second-order valence-electron chi connectivity index (χ2n) is 8.59. The number of rotatable bonds is 8. The molecule has 2 aromatic heterocycles. The maximum Gasteiger partial charge on any atom is 0.573 e. The minimum absolute atomic E-state index is 0.00960. The van der Waals surface area contributed by atoms with Crippen LogP contribution in [-0.2, 0) is 11.2 Å². The predicted octanol–water partition coefficient (Wildman–Crippen LogP) is 3.05. The number of anilines is 1. The van der Waals surface area contributed by atoms with Crippen LogP contribution in [-0.4, -0.2) is 82.6 Å². The highest BCUT2D eigenvalue weighted by Gasteiger charge is 2.32. The number of pyridine rings is 1. The number of ketones is 1. The van der Waals surface area contributed by atoms with Gasteiger partial charge in [-0.25, -0.2) is 0 Å². The maximum atomic E-state index is 12.9. The van der Waals surface area contributed by atoms with Crippen molar-refractivity contribution in [1.29, 1.82) is 0 Å². The smallest absolute Gasteiger partial charge is 0.404 e. The number of hydrogen-bond acceptors (Lipinski definition) is 8. The van der Waals surface area contributed by atoms with Gasteiger partial charge < -0.3 is 15.0 Å². The number of nitrogens with zero attached hydrogens (tertiary/aromatic N) is 5. The first kappa shape index (κ1) is 26.2. The number of hydrogen-bond donors (Lipinski definition) is 1. The molecule has 0 aliphatic carbocycles. The van der Waals surface area contributed by atoms with Gasteiger partial charge in [0.1, 0.15) is 5.69 Å². The Morgan fingerprint density at radius 3 is 2.43 bits per heavy atom. The molecule has 4 rings (SSSR count). The number of alkyl halides is 3. The van der Waals surface area contributed by atoms with E-state index in [-0.39, 0.29) is 24.2 Å². The number of halogens is 3. The highest BCUT2D eigenvalue weighted by atomic mass is 19.4. The molecule has 0 atom stereocenters. The summed E-state index contributed by atoms with van der Waals surface area (Å²) in [6.45, 7) is 2.90. The molecule has 1 N–H and O–H groups in total. The van der Waals surface area contributed by atoms with Gasteiger partial charge >= 0.3 is 6.36 Å². The van der Waals surface area contributed by atoms with E-state index in [0.29, 0.717) is 30.2 Å². The first-order valence-electron chi connectivity index (χ1n) is 11.5. The lowest BCUT2D eigenvalue weighted by Gasteiger charge is -2.31. The Bertz CT molecular complexity index is 1230. The quantitative estimate of drug-likeness (QED) is 0.458. The van der Waals surface area contributed by atoms with Gasteiger partial charge in [-0.1, -0.05) is 6.07 Å². The molecular weight excluding hydrogens is 489 g/mol. The van der Waals surface area contributed by atoms with Gasteiger partial charge in [0.05, 0.1) is 36.2 Å². The molecule has 1 saturated heterocycles. The molecule has 9 nitrogen and oxygen atoms in total. The van der Waals surface area contributed by atoms with E-state index in [1.807, 2.05) is 18.0 Å². The summed E-state index contributed by atoms with van der Waals surface area (Å²) >= 11 is 0. The zero-order valence-corrected chi connectivity index (χ0v) is 20.0. The normalized spacial score (nSPS) is 14.8. The first-order chi connectivity index (χ1) is 17.7. The van der Waals surface area contributed by atoms with Gasteiger partial charge in [-0.2, -0.15) is 0 Å². The highest BCUT2D eigenvalue weighted by molar-refractivity contribution is 6.00. The molecule has 0 radical (unpaired) electrons. The number of Topliss-reactive ketones (excluding diaryl/α,β-unsaturated/α-hetero) is 1. The molecule has 1 fully saturated rings. The molecule has 3 aromatic rings. The van der Waals surface area contributed by atoms with E-state index in [2.05, 4.69) is 29.9 Å². The summed E-state index contributed by atoms with van der Waals surface area (Å²) < 4.78 is 42.9. The minimum Gasteiger partial charge on any atom is -0.404 e. The SMILES string of the molecule is CN1CCN(CC(=O)Nc2cc(C(=O)Cc3cnc(-c4ccccn4)cn3)ccc2OC(F)(F)F)CC1. The average Bonchev–Trinajstić information content (AvgIpc) is 2.86. The number of likely N-dealkylation sites (N-methyl/N-ethyl adjacent to an activating group) is 1. The van der Waals surface area contributed by atoms with Gasteiger partial charge in [0.25, 0.3) is 0 Å². The Balaban J connectivity index is 1.47. The van der Waals surface area contributed by atoms with E-state index in [9.17, 15) is 22.8 Å². The molecular formula is C25H25F3N6O3. The van der Waals surface area contributed by atoms with Crippen LogP contribution in [0.2, 0.25) is 0 Å². The van der Waals surface area contributed by atoms with Crippen molar-refractivity contribution in [3.63, 3.8) is 0 Å². The third kappa shape index (κ3) is 7.54. The second kappa shape index (κ2) is 11.4. The Labute approximate surface area is 211 Å². The van der Waals surface area contributed by atoms with Crippen LogP contribution >= 0.6 is 0 Å². The Hall–Kier alpha value is -3.90. The van der Waals surface area contributed by atoms with Crippen molar-refractivity contribution in [2.24, 2.45) is 0 Å². The van der Waals surface area contributed by atoms with Crippen LogP contribution < -0.4 is 10.1 Å².